The van der Waals surface area contributed by atoms with Gasteiger partial charge in [0.15, 0.2) is 0 Å². The molecule has 0 amide bonds. The molecule has 0 spiro atoms. The molecule has 1 fully saturated rings. The van der Waals surface area contributed by atoms with E-state index in [1.807, 2.05) is 12.1 Å². The molecule has 0 saturated heterocycles. The molecular formula is C24H30N4O4S. The molecule has 1 aliphatic carbocycles. The summed E-state index contributed by atoms with van der Waals surface area (Å²) in [4.78, 5) is 27.9. The van der Waals surface area contributed by atoms with Gasteiger partial charge in [-0.2, -0.15) is 0 Å². The van der Waals surface area contributed by atoms with Crippen molar-refractivity contribution in [2.75, 3.05) is 4.72 Å². The molecule has 0 radical (unpaired) electrons. The minimum Gasteiger partial charge on any atom is -0.316 e. The lowest BCUT2D eigenvalue weighted by Crippen LogP contribution is -2.29. The van der Waals surface area contributed by atoms with Gasteiger partial charge in [-0.15, -0.1) is 0 Å². The normalized spacial score (nSPS) is 16.0. The average Bonchev–Trinajstić information content (AvgIpc) is 2.79. The molecule has 2 aromatic carbocycles. The molecule has 1 aromatic heterocycles. The van der Waals surface area contributed by atoms with Crippen LogP contribution in [-0.4, -0.2) is 24.4 Å². The first kappa shape index (κ1) is 23.3. The molecule has 0 bridgehead atoms. The molecule has 1 aliphatic rings. The summed E-state index contributed by atoms with van der Waals surface area (Å²) in [6.45, 7) is 2.74. The van der Waals surface area contributed by atoms with Gasteiger partial charge in [-0.3, -0.25) is 14.3 Å². The summed E-state index contributed by atoms with van der Waals surface area (Å²) in [5, 5.41) is 3.54. The van der Waals surface area contributed by atoms with Gasteiger partial charge < -0.3 is 15.3 Å². The van der Waals surface area contributed by atoms with Crippen molar-refractivity contribution >= 4 is 26.7 Å². The fourth-order valence-corrected chi connectivity index (χ4v) is 5.66. The lowest BCUT2D eigenvalue weighted by molar-refractivity contribution is 0.305. The summed E-state index contributed by atoms with van der Waals surface area (Å²) in [5.41, 5.74) is 0.350. The van der Waals surface area contributed by atoms with Gasteiger partial charge in [0.25, 0.3) is 10.0 Å². The van der Waals surface area contributed by atoms with Crippen molar-refractivity contribution in [1.82, 2.24) is 15.3 Å². The smallest absolute Gasteiger partial charge is 0.314 e. The Morgan fingerprint density at radius 3 is 2.42 bits per heavy atom. The van der Waals surface area contributed by atoms with E-state index in [1.165, 1.54) is 50.3 Å². The summed E-state index contributed by atoms with van der Waals surface area (Å²) in [6.07, 6.45) is 7.71. The second-order valence-electron chi connectivity index (χ2n) is 8.90. The number of rotatable bonds is 8. The monoisotopic (exact) mass is 470 g/mol. The zero-order valence-electron chi connectivity index (χ0n) is 18.7. The third-order valence-electron chi connectivity index (χ3n) is 6.32. The summed E-state index contributed by atoms with van der Waals surface area (Å²) in [6, 6.07) is 11.8. The fraction of sp³-hybridized carbons (Fsp3) is 0.417. The lowest BCUT2D eigenvalue weighted by atomic mass is 9.85. The molecule has 0 unspecified atom stereocenters. The van der Waals surface area contributed by atoms with Gasteiger partial charge >= 0.3 is 11.1 Å². The van der Waals surface area contributed by atoms with Crippen LogP contribution in [0.1, 0.15) is 51.0 Å². The van der Waals surface area contributed by atoms with Crippen molar-refractivity contribution in [1.29, 1.82) is 0 Å². The van der Waals surface area contributed by atoms with Gasteiger partial charge in [-0.05, 0) is 49.1 Å². The lowest BCUT2D eigenvalue weighted by Gasteiger charge is -2.25. The number of aromatic nitrogens is 2. The number of aromatic amines is 2. The highest BCUT2D eigenvalue weighted by atomic mass is 32.2. The summed E-state index contributed by atoms with van der Waals surface area (Å²) in [7, 11) is -3.90. The highest BCUT2D eigenvalue weighted by molar-refractivity contribution is 7.92. The molecule has 1 saturated carbocycles. The summed E-state index contributed by atoms with van der Waals surface area (Å²) in [5.74, 6) is 0.768. The Balaban J connectivity index is 1.48. The van der Waals surface area contributed by atoms with Crippen molar-refractivity contribution in [2.24, 2.45) is 5.92 Å². The number of para-hydroxylation sites is 1. The van der Waals surface area contributed by atoms with Crippen LogP contribution in [-0.2, 0) is 16.6 Å². The largest absolute Gasteiger partial charge is 0.316 e. The minimum atomic E-state index is -3.90. The average molecular weight is 471 g/mol. The molecule has 4 rings (SSSR count). The van der Waals surface area contributed by atoms with Crippen molar-refractivity contribution < 1.29 is 8.42 Å². The van der Waals surface area contributed by atoms with Crippen molar-refractivity contribution in [3.05, 3.63) is 68.7 Å². The molecule has 4 N–H and O–H groups in total. The second kappa shape index (κ2) is 9.93. The first-order valence-electron chi connectivity index (χ1n) is 11.4. The molecule has 1 heterocycles. The van der Waals surface area contributed by atoms with Gasteiger partial charge in [0, 0.05) is 12.6 Å². The maximum Gasteiger partial charge on any atom is 0.314 e. The molecule has 9 heteroatoms. The van der Waals surface area contributed by atoms with Crippen molar-refractivity contribution in [3.8, 4) is 0 Å². The second-order valence-corrected chi connectivity index (χ2v) is 10.6. The number of hydrogen-bond donors (Lipinski definition) is 4. The van der Waals surface area contributed by atoms with Gasteiger partial charge in [-0.25, -0.2) is 8.42 Å². The Kier molecular flexibility index (Phi) is 6.99. The van der Waals surface area contributed by atoms with E-state index >= 15 is 0 Å². The van der Waals surface area contributed by atoms with Crippen LogP contribution in [0.25, 0.3) is 11.0 Å². The summed E-state index contributed by atoms with van der Waals surface area (Å²) >= 11 is 0. The Morgan fingerprint density at radius 1 is 0.970 bits per heavy atom. The number of benzene rings is 2. The molecule has 1 atom stereocenters. The number of nitrogens with one attached hydrogen (secondary N) is 4. The quantitative estimate of drug-likeness (QED) is 0.375. The van der Waals surface area contributed by atoms with Crippen LogP contribution >= 0.6 is 0 Å². The first-order valence-corrected chi connectivity index (χ1v) is 12.9. The minimum absolute atomic E-state index is 0.00822. The zero-order chi connectivity index (χ0) is 23.4. The number of hydrogen-bond acceptors (Lipinski definition) is 5. The highest BCUT2D eigenvalue weighted by Crippen LogP contribution is 2.27. The van der Waals surface area contributed by atoms with Gasteiger partial charge in [0.1, 0.15) is 0 Å². The van der Waals surface area contributed by atoms with E-state index in [0.717, 1.165) is 17.9 Å². The highest BCUT2D eigenvalue weighted by Gasteiger charge is 2.19. The Labute approximate surface area is 192 Å². The van der Waals surface area contributed by atoms with E-state index in [0.29, 0.717) is 23.8 Å². The molecule has 33 heavy (non-hydrogen) atoms. The number of anilines is 1. The topological polar surface area (TPSA) is 124 Å². The third-order valence-corrected chi connectivity index (χ3v) is 7.68. The maximum absolute atomic E-state index is 13.1. The predicted molar refractivity (Wildman–Crippen MR) is 130 cm³/mol. The molecule has 176 valence electrons. The van der Waals surface area contributed by atoms with E-state index in [-0.39, 0.29) is 10.4 Å². The van der Waals surface area contributed by atoms with Crippen LogP contribution in [0, 0.1) is 5.92 Å². The Hall–Kier alpha value is -2.91. The Morgan fingerprint density at radius 2 is 1.67 bits per heavy atom. The molecular weight excluding hydrogens is 440 g/mol. The van der Waals surface area contributed by atoms with E-state index < -0.39 is 21.1 Å². The van der Waals surface area contributed by atoms with Gasteiger partial charge in [-0.1, -0.05) is 50.3 Å². The van der Waals surface area contributed by atoms with E-state index in [4.69, 9.17) is 0 Å². The van der Waals surface area contributed by atoms with E-state index in [2.05, 4.69) is 26.9 Å². The summed E-state index contributed by atoms with van der Waals surface area (Å²) < 4.78 is 28.8. The number of H-pyrrole nitrogens is 2. The third kappa shape index (κ3) is 5.72. The molecule has 8 nitrogen and oxygen atoms in total. The Bertz CT molecular complexity index is 1340. The van der Waals surface area contributed by atoms with E-state index in [9.17, 15) is 18.0 Å². The number of sulfonamides is 1. The van der Waals surface area contributed by atoms with Crippen LogP contribution in [0.5, 0.6) is 0 Å². The fourth-order valence-electron chi connectivity index (χ4n) is 4.53. The van der Waals surface area contributed by atoms with Crippen LogP contribution in [0.15, 0.2) is 56.9 Å². The first-order chi connectivity index (χ1) is 15.8. The SMILES string of the molecule is C[C@@H](CC1CCCCC1)NCc1ccccc1NS(=O)(=O)c1ccc2[nH]c(=O)c(=O)[nH]c2c1. The predicted octanol–water partition coefficient (Wildman–Crippen LogP) is 3.47. The zero-order valence-corrected chi connectivity index (χ0v) is 19.5. The van der Waals surface area contributed by atoms with Crippen molar-refractivity contribution in [2.45, 2.75) is 62.9 Å². The van der Waals surface area contributed by atoms with Crippen LogP contribution in [0.3, 0.4) is 0 Å². The maximum atomic E-state index is 13.1. The van der Waals surface area contributed by atoms with Gasteiger partial charge in [0.05, 0.1) is 21.6 Å². The molecule has 3 aromatic rings. The van der Waals surface area contributed by atoms with Crippen molar-refractivity contribution in [3.63, 3.8) is 0 Å². The van der Waals surface area contributed by atoms with Crippen LogP contribution in [0.4, 0.5) is 5.69 Å². The van der Waals surface area contributed by atoms with Crippen LogP contribution < -0.4 is 21.2 Å². The van der Waals surface area contributed by atoms with Gasteiger partial charge in [0.2, 0.25) is 0 Å². The van der Waals surface area contributed by atoms with E-state index in [1.54, 1.807) is 12.1 Å². The molecule has 0 aliphatic heterocycles. The van der Waals surface area contributed by atoms with Crippen LogP contribution in [0.2, 0.25) is 0 Å². The number of fused-ring (bicyclic) bond motifs is 1. The standard InChI is InChI=1S/C24H30N4O4S/c1-16(13-17-7-3-2-4-8-17)25-15-18-9-5-6-10-20(18)28-33(31,32)19-11-12-21-22(14-19)27-24(30)23(29)26-21/h5-6,9-12,14,16-17,25,28H,2-4,7-8,13,15H2,1H3,(H,26,29)(H,27,30)/t16-/m0/s1.